The molecule has 0 bridgehead atoms. The molecule has 4 aromatic carbocycles. The van der Waals surface area contributed by atoms with E-state index in [-0.39, 0.29) is 28.3 Å². The molecule has 2 aliphatic carbocycles. The van der Waals surface area contributed by atoms with Gasteiger partial charge in [0.2, 0.25) is 0 Å². The van der Waals surface area contributed by atoms with E-state index in [0.717, 1.165) is 89.2 Å². The molecule has 8 nitrogen and oxygen atoms in total. The second-order valence-electron chi connectivity index (χ2n) is 19.5. The first-order valence-corrected chi connectivity index (χ1v) is 24.6. The highest BCUT2D eigenvalue weighted by Gasteiger charge is 2.55. The molecule has 1 saturated carbocycles. The standard InChI is InChI=1S/C30H33NO4.C30H31NO2/c1-3-29-19-28(33)30(34,23-9-5-4-6-10-23)18-24(29)13-15-35-27-17-22(11-12-25(27)29)26(32)16-21-8-7-14-31-20(21)2;1-3-30-15-13-24(22-8-5-4-6-9-22)18-26(30)14-17-33-29-20-25(11-12-27(29)30)28(32)19-23-10-7-16-31-21(23)2/h4-12,14,17,24,28,33-34H,3,13,15-16,18-19H2,1-2H3;4-13,16,20,26H,3,14-15,17-19H2,1-2H3/t24-,28+,29+,30+;26-,30+/m00/s1. The fourth-order valence-electron chi connectivity index (χ4n) is 12.0. The van der Waals surface area contributed by atoms with Crippen LogP contribution >= 0.6 is 0 Å². The van der Waals surface area contributed by atoms with E-state index in [1.165, 1.54) is 16.7 Å². The van der Waals surface area contributed by atoms with Gasteiger partial charge in [-0.2, -0.15) is 0 Å². The second kappa shape index (κ2) is 19.8. The number of benzene rings is 4. The molecule has 350 valence electrons. The number of aryl methyl sites for hydroxylation is 2. The Morgan fingerprint density at radius 3 is 1.72 bits per heavy atom. The molecule has 2 N–H and O–H groups in total. The summed E-state index contributed by atoms with van der Waals surface area (Å²) in [7, 11) is 0. The van der Waals surface area contributed by atoms with Gasteiger partial charge in [0, 0.05) is 69.7 Å². The number of ketones is 2. The third-order valence-corrected chi connectivity index (χ3v) is 16.2. The number of allylic oxidation sites excluding steroid dienone is 2. The number of hydrogen-bond donors (Lipinski definition) is 2. The highest BCUT2D eigenvalue weighted by Crippen LogP contribution is 2.57. The van der Waals surface area contributed by atoms with Crippen molar-refractivity contribution in [3.05, 3.63) is 196 Å². The molecule has 0 amide bonds. The van der Waals surface area contributed by atoms with Gasteiger partial charge >= 0.3 is 0 Å². The Balaban J connectivity index is 0.000000170. The fourth-order valence-corrected chi connectivity index (χ4v) is 12.0. The monoisotopic (exact) mass is 908 g/mol. The molecule has 2 aliphatic heterocycles. The summed E-state index contributed by atoms with van der Waals surface area (Å²) < 4.78 is 12.5. The number of ether oxygens (including phenoxy) is 2. The smallest absolute Gasteiger partial charge is 0.167 e. The van der Waals surface area contributed by atoms with E-state index < -0.39 is 11.7 Å². The van der Waals surface area contributed by atoms with Crippen LogP contribution in [0.25, 0.3) is 5.57 Å². The minimum atomic E-state index is -1.29. The molecule has 10 rings (SSSR count). The summed E-state index contributed by atoms with van der Waals surface area (Å²) >= 11 is 0. The number of aromatic nitrogens is 2. The number of rotatable bonds is 10. The van der Waals surface area contributed by atoms with Crippen molar-refractivity contribution in [2.45, 2.75) is 114 Å². The van der Waals surface area contributed by atoms with Gasteiger partial charge in [-0.3, -0.25) is 19.6 Å². The molecule has 0 radical (unpaired) electrons. The van der Waals surface area contributed by atoms with Gasteiger partial charge in [-0.1, -0.05) is 117 Å². The maximum absolute atomic E-state index is 13.1. The number of carbonyl (C=O) groups excluding carboxylic acids is 2. The molecule has 8 heteroatoms. The van der Waals surface area contributed by atoms with Crippen LogP contribution in [-0.4, -0.2) is 51.1 Å². The average molecular weight is 909 g/mol. The van der Waals surface area contributed by atoms with Crippen LogP contribution in [0, 0.1) is 25.7 Å². The molecule has 4 aliphatic rings. The van der Waals surface area contributed by atoms with Crippen molar-refractivity contribution in [1.82, 2.24) is 9.97 Å². The zero-order chi connectivity index (χ0) is 47.5. The maximum atomic E-state index is 13.1. The van der Waals surface area contributed by atoms with E-state index >= 15 is 0 Å². The van der Waals surface area contributed by atoms with E-state index in [2.05, 4.69) is 66.3 Å². The summed E-state index contributed by atoms with van der Waals surface area (Å²) in [6.07, 6.45) is 12.4. The fraction of sp³-hybridized carbons (Fsp3) is 0.367. The van der Waals surface area contributed by atoms with E-state index in [1.54, 1.807) is 12.4 Å². The summed E-state index contributed by atoms with van der Waals surface area (Å²) in [5.41, 5.74) is 9.31. The molecule has 4 heterocycles. The van der Waals surface area contributed by atoms with Gasteiger partial charge in [-0.15, -0.1) is 0 Å². The normalized spacial score (nSPS) is 24.9. The minimum Gasteiger partial charge on any atom is -0.493 e. The molecular formula is C60H64N2O6. The van der Waals surface area contributed by atoms with Gasteiger partial charge < -0.3 is 19.7 Å². The number of aliphatic hydroxyl groups is 2. The second-order valence-corrected chi connectivity index (χ2v) is 19.5. The van der Waals surface area contributed by atoms with E-state index in [9.17, 15) is 19.8 Å². The first-order chi connectivity index (χ1) is 33.0. The molecule has 1 fully saturated rings. The first-order valence-electron chi connectivity index (χ1n) is 24.6. The lowest BCUT2D eigenvalue weighted by atomic mass is 9.55. The molecule has 0 saturated heterocycles. The Hall–Kier alpha value is -6.22. The SMILES string of the molecule is CC[C@@]12CC=C(c3ccccc3)C[C@@H]1CCOc1cc(C(=O)Cc3cccnc3C)ccc12.CC[C@@]12C[C@@H](O)[C@](O)(c3ccccc3)C[C@@H]1CCOc1cc(C(=O)Cc3cccnc3C)ccc12. The van der Waals surface area contributed by atoms with Crippen LogP contribution in [0.3, 0.4) is 0 Å². The van der Waals surface area contributed by atoms with Crippen molar-refractivity contribution < 1.29 is 29.3 Å². The predicted molar refractivity (Wildman–Crippen MR) is 267 cm³/mol. The van der Waals surface area contributed by atoms with Crippen molar-refractivity contribution in [3.8, 4) is 11.5 Å². The summed E-state index contributed by atoms with van der Waals surface area (Å²) in [6.45, 7) is 9.52. The lowest BCUT2D eigenvalue weighted by Gasteiger charge is -2.52. The van der Waals surface area contributed by atoms with Crippen LogP contribution in [0.4, 0.5) is 0 Å². The maximum Gasteiger partial charge on any atom is 0.167 e. The largest absolute Gasteiger partial charge is 0.493 e. The third kappa shape index (κ3) is 8.97. The molecule has 68 heavy (non-hydrogen) atoms. The van der Waals surface area contributed by atoms with Crippen molar-refractivity contribution >= 4 is 17.1 Å². The topological polar surface area (TPSA) is 119 Å². The Bertz CT molecular complexity index is 2810. The first kappa shape index (κ1) is 46.9. The predicted octanol–water partition coefficient (Wildman–Crippen LogP) is 11.6. The quantitative estimate of drug-likeness (QED) is 0.130. The Labute approximate surface area is 401 Å². The Morgan fingerprint density at radius 1 is 0.647 bits per heavy atom. The van der Waals surface area contributed by atoms with Gasteiger partial charge in [-0.25, -0.2) is 0 Å². The van der Waals surface area contributed by atoms with Gasteiger partial charge in [0.15, 0.2) is 11.6 Å². The number of carbonyl (C=O) groups is 2. The summed E-state index contributed by atoms with van der Waals surface area (Å²) in [6, 6.07) is 39.9. The van der Waals surface area contributed by atoms with Crippen molar-refractivity contribution in [2.75, 3.05) is 13.2 Å². The van der Waals surface area contributed by atoms with Crippen LogP contribution in [0.1, 0.15) is 131 Å². The zero-order valence-electron chi connectivity index (χ0n) is 39.9. The summed E-state index contributed by atoms with van der Waals surface area (Å²) in [4.78, 5) is 34.8. The number of hydrogen-bond acceptors (Lipinski definition) is 8. The highest BCUT2D eigenvalue weighted by atomic mass is 16.5. The van der Waals surface area contributed by atoms with Crippen LogP contribution in [0.5, 0.6) is 11.5 Å². The molecular weight excluding hydrogens is 845 g/mol. The number of fused-ring (bicyclic) bond motifs is 6. The van der Waals surface area contributed by atoms with Crippen LogP contribution < -0.4 is 9.47 Å². The number of aliphatic hydroxyl groups excluding tert-OH is 1. The van der Waals surface area contributed by atoms with Gasteiger partial charge in [0.1, 0.15) is 17.1 Å². The summed E-state index contributed by atoms with van der Waals surface area (Å²) in [5, 5.41) is 23.0. The van der Waals surface area contributed by atoms with Crippen molar-refractivity contribution in [2.24, 2.45) is 11.8 Å². The molecule has 6 atom stereocenters. The lowest BCUT2D eigenvalue weighted by Crippen LogP contribution is -2.54. The van der Waals surface area contributed by atoms with Crippen molar-refractivity contribution in [3.63, 3.8) is 0 Å². The van der Waals surface area contributed by atoms with Crippen LogP contribution in [0.2, 0.25) is 0 Å². The van der Waals surface area contributed by atoms with E-state index in [4.69, 9.17) is 9.47 Å². The molecule has 2 aromatic heterocycles. The van der Waals surface area contributed by atoms with Crippen molar-refractivity contribution in [1.29, 1.82) is 0 Å². The zero-order valence-corrected chi connectivity index (χ0v) is 39.9. The Morgan fingerprint density at radius 2 is 1.18 bits per heavy atom. The number of nitrogens with zero attached hydrogens (tertiary/aromatic N) is 2. The molecule has 0 unspecified atom stereocenters. The minimum absolute atomic E-state index is 0.0287. The van der Waals surface area contributed by atoms with Gasteiger partial charge in [-0.05, 0) is 129 Å². The average Bonchev–Trinajstić information content (AvgIpc) is 3.63. The number of pyridine rings is 2. The van der Waals surface area contributed by atoms with E-state index in [0.29, 0.717) is 50.4 Å². The van der Waals surface area contributed by atoms with Crippen LogP contribution in [0.15, 0.2) is 140 Å². The van der Waals surface area contributed by atoms with Gasteiger partial charge in [0.05, 0.1) is 19.3 Å². The highest BCUT2D eigenvalue weighted by molar-refractivity contribution is 5.98. The summed E-state index contributed by atoms with van der Waals surface area (Å²) in [5.74, 6) is 2.43. The van der Waals surface area contributed by atoms with Gasteiger partial charge in [0.25, 0.3) is 0 Å². The molecule has 6 aromatic rings. The molecule has 0 spiro atoms. The third-order valence-electron chi connectivity index (χ3n) is 16.2. The Kier molecular flexibility index (Phi) is 13.6. The van der Waals surface area contributed by atoms with E-state index in [1.807, 2.05) is 98.8 Å². The van der Waals surface area contributed by atoms with Crippen LogP contribution in [-0.2, 0) is 29.3 Å². The number of Topliss-reactive ketones (excluding diaryl/α,β-unsaturated/α-hetero) is 2. The lowest BCUT2D eigenvalue weighted by molar-refractivity contribution is -0.144.